The van der Waals surface area contributed by atoms with Crippen molar-refractivity contribution in [3.8, 4) is 0 Å². The van der Waals surface area contributed by atoms with Crippen molar-refractivity contribution >= 4 is 11.8 Å². The van der Waals surface area contributed by atoms with Gasteiger partial charge in [-0.05, 0) is 32.1 Å². The standard InChI is InChI=1S/C11H20O2S/c1-13-6-5-11(12)7-9-3-2-4-10(8-11)14-9/h9-10,12H,2-8H2,1H3. The van der Waals surface area contributed by atoms with Gasteiger partial charge in [0.1, 0.15) is 0 Å². The fourth-order valence-electron chi connectivity index (χ4n) is 2.71. The van der Waals surface area contributed by atoms with Gasteiger partial charge >= 0.3 is 0 Å². The van der Waals surface area contributed by atoms with Crippen molar-refractivity contribution in [2.75, 3.05) is 13.7 Å². The maximum absolute atomic E-state index is 10.4. The predicted molar refractivity (Wildman–Crippen MR) is 59.7 cm³/mol. The molecule has 0 aliphatic carbocycles. The second-order valence-corrected chi connectivity index (χ2v) is 6.29. The van der Waals surface area contributed by atoms with E-state index in [4.69, 9.17) is 4.74 Å². The van der Waals surface area contributed by atoms with E-state index in [0.29, 0.717) is 17.1 Å². The van der Waals surface area contributed by atoms with Crippen LogP contribution in [-0.2, 0) is 4.74 Å². The first kappa shape index (κ1) is 10.8. The average molecular weight is 216 g/mol. The predicted octanol–water partition coefficient (Wildman–Crippen LogP) is 2.20. The summed E-state index contributed by atoms with van der Waals surface area (Å²) in [5.41, 5.74) is -0.420. The SMILES string of the molecule is COCCC1(O)CC2CCCC(C1)S2. The van der Waals surface area contributed by atoms with Crippen LogP contribution in [0.3, 0.4) is 0 Å². The van der Waals surface area contributed by atoms with E-state index in [1.165, 1.54) is 19.3 Å². The van der Waals surface area contributed by atoms with Crippen LogP contribution in [0, 0.1) is 0 Å². The van der Waals surface area contributed by atoms with E-state index in [-0.39, 0.29) is 0 Å². The second kappa shape index (κ2) is 4.42. The van der Waals surface area contributed by atoms with Gasteiger partial charge < -0.3 is 9.84 Å². The Morgan fingerprint density at radius 2 is 2.00 bits per heavy atom. The summed E-state index contributed by atoms with van der Waals surface area (Å²) < 4.78 is 5.07. The summed E-state index contributed by atoms with van der Waals surface area (Å²) >= 11 is 2.11. The second-order valence-electron chi connectivity index (χ2n) is 4.69. The lowest BCUT2D eigenvalue weighted by atomic mass is 9.83. The monoisotopic (exact) mass is 216 g/mol. The molecule has 2 fully saturated rings. The minimum atomic E-state index is -0.420. The topological polar surface area (TPSA) is 29.5 Å². The summed E-state index contributed by atoms with van der Waals surface area (Å²) in [5.74, 6) is 0. The lowest BCUT2D eigenvalue weighted by Gasteiger charge is -2.43. The Balaban J connectivity index is 1.93. The van der Waals surface area contributed by atoms with Crippen LogP contribution in [0.2, 0.25) is 0 Å². The van der Waals surface area contributed by atoms with E-state index in [2.05, 4.69) is 11.8 Å². The molecule has 2 aliphatic heterocycles. The third-order valence-corrected chi connectivity index (χ3v) is 5.00. The number of aliphatic hydroxyl groups is 1. The summed E-state index contributed by atoms with van der Waals surface area (Å²) in [6.07, 6.45) is 6.75. The molecule has 0 aromatic rings. The summed E-state index contributed by atoms with van der Waals surface area (Å²) in [5, 5.41) is 11.8. The zero-order valence-corrected chi connectivity index (χ0v) is 9.68. The van der Waals surface area contributed by atoms with Crippen molar-refractivity contribution in [1.82, 2.24) is 0 Å². The molecule has 0 radical (unpaired) electrons. The Bertz CT molecular complexity index is 184. The van der Waals surface area contributed by atoms with Gasteiger partial charge in [-0.15, -0.1) is 0 Å². The maximum Gasteiger partial charge on any atom is 0.0690 e. The van der Waals surface area contributed by atoms with Crippen molar-refractivity contribution < 1.29 is 9.84 Å². The number of rotatable bonds is 3. The first-order chi connectivity index (χ1) is 6.72. The summed E-state index contributed by atoms with van der Waals surface area (Å²) in [6, 6.07) is 0. The van der Waals surface area contributed by atoms with Crippen LogP contribution in [0.15, 0.2) is 0 Å². The van der Waals surface area contributed by atoms with Crippen LogP contribution in [0.5, 0.6) is 0 Å². The molecule has 3 heteroatoms. The fourth-order valence-corrected chi connectivity index (χ4v) is 4.67. The summed E-state index contributed by atoms with van der Waals surface area (Å²) in [6.45, 7) is 0.695. The van der Waals surface area contributed by atoms with Crippen LogP contribution in [0.4, 0.5) is 0 Å². The highest BCUT2D eigenvalue weighted by Gasteiger charge is 2.40. The summed E-state index contributed by atoms with van der Waals surface area (Å²) in [4.78, 5) is 0. The minimum Gasteiger partial charge on any atom is -0.390 e. The van der Waals surface area contributed by atoms with Gasteiger partial charge in [0, 0.05) is 24.2 Å². The van der Waals surface area contributed by atoms with Gasteiger partial charge in [-0.1, -0.05) is 6.42 Å². The zero-order chi connectivity index (χ0) is 10.0. The molecule has 14 heavy (non-hydrogen) atoms. The third kappa shape index (κ3) is 2.44. The molecule has 0 amide bonds. The number of hydrogen-bond donors (Lipinski definition) is 1. The molecule has 2 bridgehead atoms. The van der Waals surface area contributed by atoms with Gasteiger partial charge in [0.25, 0.3) is 0 Å². The Labute approximate surface area is 90.4 Å². The molecule has 0 saturated carbocycles. The Morgan fingerprint density at radius 3 is 2.57 bits per heavy atom. The highest BCUT2D eigenvalue weighted by Crippen LogP contribution is 2.46. The molecule has 0 spiro atoms. The van der Waals surface area contributed by atoms with Crippen molar-refractivity contribution in [3.63, 3.8) is 0 Å². The minimum absolute atomic E-state index is 0.420. The number of ether oxygens (including phenoxy) is 1. The smallest absolute Gasteiger partial charge is 0.0690 e. The first-order valence-corrected chi connectivity index (χ1v) is 6.53. The van der Waals surface area contributed by atoms with E-state index >= 15 is 0 Å². The molecule has 2 rings (SSSR count). The molecular formula is C11H20O2S. The molecular weight excluding hydrogens is 196 g/mol. The Hall–Kier alpha value is 0.270. The Kier molecular flexibility index (Phi) is 3.40. The van der Waals surface area contributed by atoms with Gasteiger partial charge in [-0.3, -0.25) is 0 Å². The molecule has 1 N–H and O–H groups in total. The molecule has 2 unspecified atom stereocenters. The van der Waals surface area contributed by atoms with Gasteiger partial charge in [0.2, 0.25) is 0 Å². The summed E-state index contributed by atoms with van der Waals surface area (Å²) in [7, 11) is 1.71. The highest BCUT2D eigenvalue weighted by molar-refractivity contribution is 8.00. The van der Waals surface area contributed by atoms with Gasteiger partial charge in [-0.25, -0.2) is 0 Å². The lowest BCUT2D eigenvalue weighted by Crippen LogP contribution is -2.43. The quantitative estimate of drug-likeness (QED) is 0.784. The molecule has 2 heterocycles. The maximum atomic E-state index is 10.4. The molecule has 2 nitrogen and oxygen atoms in total. The van der Waals surface area contributed by atoms with Gasteiger partial charge in [0.15, 0.2) is 0 Å². The number of methoxy groups -OCH3 is 1. The normalized spacial score (nSPS) is 42.4. The van der Waals surface area contributed by atoms with Crippen LogP contribution in [-0.4, -0.2) is 34.9 Å². The average Bonchev–Trinajstić information content (AvgIpc) is 2.14. The number of thioether (sulfide) groups is 1. The van der Waals surface area contributed by atoms with Gasteiger partial charge in [0.05, 0.1) is 5.60 Å². The molecule has 0 aromatic heterocycles. The van der Waals surface area contributed by atoms with Crippen LogP contribution < -0.4 is 0 Å². The van der Waals surface area contributed by atoms with Crippen molar-refractivity contribution in [2.45, 2.75) is 54.6 Å². The molecule has 2 saturated heterocycles. The highest BCUT2D eigenvalue weighted by atomic mass is 32.2. The van der Waals surface area contributed by atoms with Crippen LogP contribution >= 0.6 is 11.8 Å². The molecule has 2 aliphatic rings. The largest absolute Gasteiger partial charge is 0.390 e. The van der Waals surface area contributed by atoms with Crippen molar-refractivity contribution in [3.05, 3.63) is 0 Å². The van der Waals surface area contributed by atoms with E-state index < -0.39 is 5.60 Å². The van der Waals surface area contributed by atoms with E-state index in [1.807, 2.05) is 0 Å². The number of fused-ring (bicyclic) bond motifs is 2. The molecule has 0 aromatic carbocycles. The number of hydrogen-bond acceptors (Lipinski definition) is 3. The third-order valence-electron chi connectivity index (χ3n) is 3.42. The van der Waals surface area contributed by atoms with E-state index in [9.17, 15) is 5.11 Å². The van der Waals surface area contributed by atoms with E-state index in [1.54, 1.807) is 7.11 Å². The fraction of sp³-hybridized carbons (Fsp3) is 1.00. The van der Waals surface area contributed by atoms with Crippen LogP contribution in [0.25, 0.3) is 0 Å². The van der Waals surface area contributed by atoms with Crippen molar-refractivity contribution in [1.29, 1.82) is 0 Å². The first-order valence-electron chi connectivity index (χ1n) is 5.59. The lowest BCUT2D eigenvalue weighted by molar-refractivity contribution is -0.0141. The zero-order valence-electron chi connectivity index (χ0n) is 8.87. The van der Waals surface area contributed by atoms with Crippen molar-refractivity contribution in [2.24, 2.45) is 0 Å². The molecule has 82 valence electrons. The molecule has 2 atom stereocenters. The Morgan fingerprint density at radius 1 is 1.36 bits per heavy atom. The van der Waals surface area contributed by atoms with E-state index in [0.717, 1.165) is 19.3 Å². The van der Waals surface area contributed by atoms with Crippen LogP contribution in [0.1, 0.15) is 38.5 Å². The van der Waals surface area contributed by atoms with Gasteiger partial charge in [-0.2, -0.15) is 11.8 Å².